The highest BCUT2D eigenvalue weighted by Gasteiger charge is 2.23. The van der Waals surface area contributed by atoms with E-state index >= 15 is 0 Å². The minimum Gasteiger partial charge on any atom is -0.484 e. The maximum Gasteiger partial charge on any atom is 0.266 e. The SMILES string of the molecule is CN(CCCn1nc(Cl)ccc1=O)C1COc2ccccc2O1. The molecule has 0 radical (unpaired) electrons. The topological polar surface area (TPSA) is 56.6 Å². The van der Waals surface area contributed by atoms with E-state index in [0.717, 1.165) is 24.5 Å². The van der Waals surface area contributed by atoms with Gasteiger partial charge in [-0.3, -0.25) is 9.69 Å². The lowest BCUT2D eigenvalue weighted by Gasteiger charge is -2.32. The van der Waals surface area contributed by atoms with E-state index in [9.17, 15) is 4.79 Å². The minimum absolute atomic E-state index is 0.144. The molecule has 6 nitrogen and oxygen atoms in total. The third-order valence-corrected chi connectivity index (χ3v) is 3.90. The van der Waals surface area contributed by atoms with Crippen molar-refractivity contribution in [3.63, 3.8) is 0 Å². The molecule has 122 valence electrons. The highest BCUT2D eigenvalue weighted by atomic mass is 35.5. The van der Waals surface area contributed by atoms with Gasteiger partial charge in [0.15, 0.2) is 17.7 Å². The molecule has 0 saturated heterocycles. The van der Waals surface area contributed by atoms with Gasteiger partial charge in [0, 0.05) is 19.2 Å². The molecule has 0 spiro atoms. The summed E-state index contributed by atoms with van der Waals surface area (Å²) in [7, 11) is 1.97. The van der Waals surface area contributed by atoms with Crippen LogP contribution in [0, 0.1) is 0 Å². The molecule has 2 aromatic rings. The van der Waals surface area contributed by atoms with E-state index in [-0.39, 0.29) is 11.8 Å². The Morgan fingerprint density at radius 2 is 2.09 bits per heavy atom. The van der Waals surface area contributed by atoms with Crippen molar-refractivity contribution in [3.05, 3.63) is 51.9 Å². The lowest BCUT2D eigenvalue weighted by Crippen LogP contribution is -2.44. The molecular formula is C16H18ClN3O3. The number of aromatic nitrogens is 2. The van der Waals surface area contributed by atoms with Gasteiger partial charge in [-0.25, -0.2) is 4.68 Å². The van der Waals surface area contributed by atoms with Gasteiger partial charge >= 0.3 is 0 Å². The molecule has 0 saturated carbocycles. The van der Waals surface area contributed by atoms with Crippen molar-refractivity contribution >= 4 is 11.6 Å². The number of para-hydroxylation sites is 2. The van der Waals surface area contributed by atoms with Crippen molar-refractivity contribution in [2.24, 2.45) is 0 Å². The maximum atomic E-state index is 11.7. The monoisotopic (exact) mass is 335 g/mol. The van der Waals surface area contributed by atoms with E-state index in [1.54, 1.807) is 0 Å². The fraction of sp³-hybridized carbons (Fsp3) is 0.375. The van der Waals surface area contributed by atoms with Crippen LogP contribution in [0.4, 0.5) is 0 Å². The van der Waals surface area contributed by atoms with Gasteiger partial charge in [0.05, 0.1) is 0 Å². The first kappa shape index (κ1) is 15.8. The van der Waals surface area contributed by atoms with Gasteiger partial charge in [-0.15, -0.1) is 0 Å². The van der Waals surface area contributed by atoms with E-state index in [0.29, 0.717) is 18.3 Å². The molecule has 0 aliphatic carbocycles. The van der Waals surface area contributed by atoms with Crippen LogP contribution < -0.4 is 15.0 Å². The summed E-state index contributed by atoms with van der Waals surface area (Å²) in [6.45, 7) is 1.73. The quantitative estimate of drug-likeness (QED) is 0.836. The van der Waals surface area contributed by atoms with Crippen molar-refractivity contribution in [3.8, 4) is 11.5 Å². The predicted octanol–water partition coefficient (Wildman–Crippen LogP) is 2.02. The molecule has 3 rings (SSSR count). The average molecular weight is 336 g/mol. The van der Waals surface area contributed by atoms with Gasteiger partial charge in [-0.2, -0.15) is 5.10 Å². The van der Waals surface area contributed by atoms with E-state index in [1.165, 1.54) is 16.8 Å². The maximum absolute atomic E-state index is 11.7. The van der Waals surface area contributed by atoms with Crippen LogP contribution in [0.25, 0.3) is 0 Å². The third kappa shape index (κ3) is 3.83. The second-order valence-corrected chi connectivity index (χ2v) is 5.77. The zero-order valence-electron chi connectivity index (χ0n) is 12.8. The molecule has 1 aromatic carbocycles. The van der Waals surface area contributed by atoms with Gasteiger partial charge in [0.1, 0.15) is 11.8 Å². The molecule has 2 heterocycles. The Kier molecular flexibility index (Phi) is 4.83. The van der Waals surface area contributed by atoms with Crippen LogP contribution in [0.5, 0.6) is 11.5 Å². The number of nitrogens with zero attached hydrogens (tertiary/aromatic N) is 3. The molecule has 23 heavy (non-hydrogen) atoms. The smallest absolute Gasteiger partial charge is 0.266 e. The Morgan fingerprint density at radius 1 is 1.30 bits per heavy atom. The van der Waals surface area contributed by atoms with Gasteiger partial charge in [-0.05, 0) is 31.7 Å². The summed E-state index contributed by atoms with van der Waals surface area (Å²) in [6.07, 6.45) is 0.611. The van der Waals surface area contributed by atoms with Crippen LogP contribution in [-0.2, 0) is 6.54 Å². The zero-order chi connectivity index (χ0) is 16.2. The van der Waals surface area contributed by atoms with Crippen LogP contribution in [0.15, 0.2) is 41.2 Å². The van der Waals surface area contributed by atoms with Gasteiger partial charge in [0.25, 0.3) is 5.56 Å². The summed E-state index contributed by atoms with van der Waals surface area (Å²) in [5.74, 6) is 1.52. The molecule has 1 aromatic heterocycles. The molecule has 0 fully saturated rings. The highest BCUT2D eigenvalue weighted by molar-refractivity contribution is 6.29. The van der Waals surface area contributed by atoms with E-state index in [4.69, 9.17) is 21.1 Å². The van der Waals surface area contributed by atoms with Crippen LogP contribution in [0.1, 0.15) is 6.42 Å². The standard InChI is InChI=1S/C16H18ClN3O3/c1-19(9-4-10-20-15(21)8-7-14(17)18-20)16-11-22-12-5-2-3-6-13(12)23-16/h2-3,5-8,16H,4,9-11H2,1H3. The number of aryl methyl sites for hydroxylation is 1. The van der Waals surface area contributed by atoms with E-state index in [2.05, 4.69) is 10.00 Å². The highest BCUT2D eigenvalue weighted by Crippen LogP contribution is 2.31. The molecule has 0 bridgehead atoms. The van der Waals surface area contributed by atoms with Crippen LogP contribution in [0.3, 0.4) is 0 Å². The van der Waals surface area contributed by atoms with E-state index < -0.39 is 0 Å². The Balaban J connectivity index is 1.53. The number of hydrogen-bond acceptors (Lipinski definition) is 5. The van der Waals surface area contributed by atoms with Crippen molar-refractivity contribution in [1.29, 1.82) is 0 Å². The first-order valence-corrected chi connectivity index (χ1v) is 7.84. The number of rotatable bonds is 5. The fourth-order valence-electron chi connectivity index (χ4n) is 2.42. The molecule has 1 unspecified atom stereocenters. The minimum atomic E-state index is -0.150. The van der Waals surface area contributed by atoms with Crippen molar-refractivity contribution in [2.45, 2.75) is 19.2 Å². The molecule has 7 heteroatoms. The van der Waals surface area contributed by atoms with Crippen molar-refractivity contribution < 1.29 is 9.47 Å². The first-order valence-electron chi connectivity index (χ1n) is 7.46. The first-order chi connectivity index (χ1) is 11.1. The second kappa shape index (κ2) is 7.02. The lowest BCUT2D eigenvalue weighted by molar-refractivity contribution is -0.0161. The number of likely N-dealkylation sites (N-methyl/N-ethyl adjacent to an activating group) is 1. The second-order valence-electron chi connectivity index (χ2n) is 5.38. The molecule has 0 N–H and O–H groups in total. The summed E-state index contributed by atoms with van der Waals surface area (Å²) in [5.41, 5.74) is -0.150. The summed E-state index contributed by atoms with van der Waals surface area (Å²) < 4.78 is 13.0. The molecule has 0 amide bonds. The Hall–Kier alpha value is -2.05. The summed E-state index contributed by atoms with van der Waals surface area (Å²) in [6, 6.07) is 10.5. The van der Waals surface area contributed by atoms with Gasteiger partial charge in [-0.1, -0.05) is 23.7 Å². The Bertz CT molecular complexity index is 735. The Labute approximate surface area is 139 Å². The molecule has 1 aliphatic heterocycles. The molecule has 1 atom stereocenters. The van der Waals surface area contributed by atoms with Crippen LogP contribution in [-0.4, -0.2) is 41.1 Å². The predicted molar refractivity (Wildman–Crippen MR) is 87.1 cm³/mol. The molecular weight excluding hydrogens is 318 g/mol. The van der Waals surface area contributed by atoms with Crippen LogP contribution in [0.2, 0.25) is 5.15 Å². The van der Waals surface area contributed by atoms with Crippen molar-refractivity contribution in [1.82, 2.24) is 14.7 Å². The van der Waals surface area contributed by atoms with E-state index in [1.807, 2.05) is 31.3 Å². The number of fused-ring (bicyclic) bond motifs is 1. The zero-order valence-corrected chi connectivity index (χ0v) is 13.6. The fourth-order valence-corrected chi connectivity index (χ4v) is 2.58. The number of ether oxygens (including phenoxy) is 2. The Morgan fingerprint density at radius 3 is 2.91 bits per heavy atom. The number of hydrogen-bond donors (Lipinski definition) is 0. The summed E-state index contributed by atoms with van der Waals surface area (Å²) in [5, 5.41) is 4.33. The third-order valence-electron chi connectivity index (χ3n) is 3.70. The lowest BCUT2D eigenvalue weighted by atomic mass is 10.3. The summed E-state index contributed by atoms with van der Waals surface area (Å²) in [4.78, 5) is 13.7. The van der Waals surface area contributed by atoms with Crippen molar-refractivity contribution in [2.75, 3.05) is 20.2 Å². The largest absolute Gasteiger partial charge is 0.484 e. The average Bonchev–Trinajstić information content (AvgIpc) is 2.57. The van der Waals surface area contributed by atoms with Gasteiger partial charge < -0.3 is 9.47 Å². The summed E-state index contributed by atoms with van der Waals surface area (Å²) >= 11 is 5.81. The molecule has 1 aliphatic rings. The number of halogens is 1. The van der Waals surface area contributed by atoms with Gasteiger partial charge in [0.2, 0.25) is 0 Å². The van der Waals surface area contributed by atoms with Crippen LogP contribution >= 0.6 is 11.6 Å². The normalized spacial score (nSPS) is 16.6. The number of benzene rings is 1.